The first kappa shape index (κ1) is 22.0. The number of alkyl halides is 3. The van der Waals surface area contributed by atoms with Crippen LogP contribution in [0.3, 0.4) is 0 Å². The molecule has 0 bridgehead atoms. The molecule has 0 amide bonds. The van der Waals surface area contributed by atoms with Crippen molar-refractivity contribution in [1.29, 1.82) is 0 Å². The van der Waals surface area contributed by atoms with Gasteiger partial charge in [0.1, 0.15) is 11.8 Å². The van der Waals surface area contributed by atoms with Gasteiger partial charge in [-0.25, -0.2) is 9.78 Å². The Balaban J connectivity index is 2.10. The average molecular weight is 420 g/mol. The predicted molar refractivity (Wildman–Crippen MR) is 96.8 cm³/mol. The minimum absolute atomic E-state index is 0.0836. The smallest absolute Gasteiger partial charge is 0.397 e. The van der Waals surface area contributed by atoms with E-state index in [-0.39, 0.29) is 16.6 Å². The Morgan fingerprint density at radius 1 is 1.21 bits per heavy atom. The molecule has 0 unspecified atom stereocenters. The highest BCUT2D eigenvalue weighted by atomic mass is 35.5. The Morgan fingerprint density at radius 2 is 1.86 bits per heavy atom. The first-order valence-electron chi connectivity index (χ1n) is 8.36. The van der Waals surface area contributed by atoms with Crippen LogP contribution in [0, 0.1) is 5.41 Å². The van der Waals surface area contributed by atoms with E-state index in [2.05, 4.69) is 10.1 Å². The summed E-state index contributed by atoms with van der Waals surface area (Å²) in [5.41, 5.74) is -2.11. The van der Waals surface area contributed by atoms with Crippen LogP contribution < -0.4 is 4.74 Å². The Hall–Kier alpha value is -2.29. The Morgan fingerprint density at radius 3 is 2.39 bits per heavy atom. The highest BCUT2D eigenvalue weighted by Gasteiger charge is 2.48. The van der Waals surface area contributed by atoms with Crippen molar-refractivity contribution in [2.75, 3.05) is 6.61 Å². The van der Waals surface area contributed by atoms with Crippen molar-refractivity contribution in [3.05, 3.63) is 40.8 Å². The quantitative estimate of drug-likeness (QED) is 0.665. The number of aromatic nitrogens is 3. The van der Waals surface area contributed by atoms with Crippen LogP contribution in [-0.2, 0) is 12.0 Å². The van der Waals surface area contributed by atoms with Crippen LogP contribution in [0.25, 0.3) is 0 Å². The van der Waals surface area contributed by atoms with E-state index in [0.717, 1.165) is 13.8 Å². The Labute approximate surface area is 165 Å². The Kier molecular flexibility index (Phi) is 5.98. The number of halogens is 4. The number of carbonyl (C=O) groups is 1. The first-order chi connectivity index (χ1) is 12.7. The zero-order valence-corrected chi connectivity index (χ0v) is 16.6. The maximum atomic E-state index is 12.9. The molecule has 2 aromatic heterocycles. The van der Waals surface area contributed by atoms with Crippen molar-refractivity contribution >= 4 is 17.6 Å². The molecule has 154 valence electrons. The summed E-state index contributed by atoms with van der Waals surface area (Å²) in [6.45, 7) is 5.62. The summed E-state index contributed by atoms with van der Waals surface area (Å²) in [7, 11) is 0. The van der Waals surface area contributed by atoms with E-state index in [4.69, 9.17) is 21.4 Å². The molecule has 28 heavy (non-hydrogen) atoms. The molecule has 0 aromatic carbocycles. The number of hydrogen-bond donors (Lipinski definition) is 1. The molecule has 10 heteroatoms. The van der Waals surface area contributed by atoms with Gasteiger partial charge in [0.15, 0.2) is 0 Å². The number of ether oxygens (including phenoxy) is 1. The molecule has 2 aromatic rings. The SMILES string of the molecule is CC(C)(Cn1ccc(OCC(C)(C)C(F)(F)F)n1)c1ccc(C(=O)O)c(Cl)n1. The molecule has 0 radical (unpaired) electrons. The van der Waals surface area contributed by atoms with Gasteiger partial charge in [0.25, 0.3) is 0 Å². The van der Waals surface area contributed by atoms with Crippen molar-refractivity contribution in [2.24, 2.45) is 5.41 Å². The molecule has 0 atom stereocenters. The highest BCUT2D eigenvalue weighted by Crippen LogP contribution is 2.37. The normalized spacial score (nSPS) is 12.9. The third-order valence-electron chi connectivity index (χ3n) is 4.29. The number of carboxylic acid groups (broad SMARTS) is 1. The number of hydrogen-bond acceptors (Lipinski definition) is 4. The molecule has 0 saturated heterocycles. The third-order valence-corrected chi connectivity index (χ3v) is 4.58. The van der Waals surface area contributed by atoms with E-state index in [9.17, 15) is 18.0 Å². The van der Waals surface area contributed by atoms with Gasteiger partial charge in [-0.1, -0.05) is 25.4 Å². The van der Waals surface area contributed by atoms with Crippen LogP contribution in [0.5, 0.6) is 5.88 Å². The standard InChI is InChI=1S/C18H21ClF3N3O3/c1-16(2,12-6-5-11(15(26)27)14(19)23-12)9-25-8-7-13(24-25)28-10-17(3,4)18(20,21)22/h5-8H,9-10H2,1-4H3,(H,26,27). The number of carboxylic acids is 1. The fourth-order valence-corrected chi connectivity index (χ4v) is 2.54. The second-order valence-electron chi connectivity index (χ2n) is 7.75. The predicted octanol–water partition coefficient (Wildman–Crippen LogP) is 4.57. The second-order valence-corrected chi connectivity index (χ2v) is 8.10. The Bertz CT molecular complexity index is 863. The molecule has 0 fully saturated rings. The van der Waals surface area contributed by atoms with Gasteiger partial charge in [0.2, 0.25) is 5.88 Å². The van der Waals surface area contributed by atoms with Crippen molar-refractivity contribution in [1.82, 2.24) is 14.8 Å². The van der Waals surface area contributed by atoms with Crippen molar-refractivity contribution in [3.63, 3.8) is 0 Å². The van der Waals surface area contributed by atoms with Gasteiger partial charge in [0, 0.05) is 23.4 Å². The topological polar surface area (TPSA) is 77.2 Å². The molecule has 0 aliphatic rings. The molecule has 0 aliphatic heterocycles. The van der Waals surface area contributed by atoms with Crippen LogP contribution >= 0.6 is 11.6 Å². The monoisotopic (exact) mass is 419 g/mol. The van der Waals surface area contributed by atoms with E-state index in [1.165, 1.54) is 16.8 Å². The van der Waals surface area contributed by atoms with E-state index in [0.29, 0.717) is 12.2 Å². The molecular weight excluding hydrogens is 399 g/mol. The molecule has 2 rings (SSSR count). The van der Waals surface area contributed by atoms with Crippen molar-refractivity contribution in [3.8, 4) is 5.88 Å². The lowest BCUT2D eigenvalue weighted by atomic mass is 9.88. The molecular formula is C18H21ClF3N3O3. The third kappa shape index (κ3) is 4.95. The van der Waals surface area contributed by atoms with Gasteiger partial charge in [-0.2, -0.15) is 13.2 Å². The van der Waals surface area contributed by atoms with Crippen LogP contribution in [-0.4, -0.2) is 38.6 Å². The van der Waals surface area contributed by atoms with Crippen LogP contribution in [0.15, 0.2) is 24.4 Å². The van der Waals surface area contributed by atoms with E-state index < -0.39 is 29.6 Å². The minimum Gasteiger partial charge on any atom is -0.478 e. The first-order valence-corrected chi connectivity index (χ1v) is 8.74. The lowest BCUT2D eigenvalue weighted by Crippen LogP contribution is -2.37. The zero-order chi connectivity index (χ0) is 21.3. The number of nitrogens with zero attached hydrogens (tertiary/aromatic N) is 3. The fourth-order valence-electron chi connectivity index (χ4n) is 2.30. The summed E-state index contributed by atoms with van der Waals surface area (Å²) in [5, 5.41) is 13.1. The van der Waals surface area contributed by atoms with Crippen molar-refractivity contribution < 1.29 is 27.8 Å². The average Bonchev–Trinajstić information content (AvgIpc) is 2.98. The second kappa shape index (κ2) is 7.62. The fraction of sp³-hybridized carbons (Fsp3) is 0.500. The summed E-state index contributed by atoms with van der Waals surface area (Å²) >= 11 is 5.93. The van der Waals surface area contributed by atoms with Crippen LogP contribution in [0.1, 0.15) is 43.7 Å². The summed E-state index contributed by atoms with van der Waals surface area (Å²) in [6, 6.07) is 4.43. The van der Waals surface area contributed by atoms with Crippen LogP contribution in [0.2, 0.25) is 5.15 Å². The number of rotatable bonds is 7. The van der Waals surface area contributed by atoms with Gasteiger partial charge in [-0.3, -0.25) is 4.68 Å². The van der Waals surface area contributed by atoms with Crippen molar-refractivity contribution in [2.45, 2.75) is 45.8 Å². The molecule has 0 aliphatic carbocycles. The number of aromatic carboxylic acids is 1. The van der Waals surface area contributed by atoms with Gasteiger partial charge >= 0.3 is 12.1 Å². The lowest BCUT2D eigenvalue weighted by Gasteiger charge is -2.27. The summed E-state index contributed by atoms with van der Waals surface area (Å²) in [6.07, 6.45) is -2.80. The van der Waals surface area contributed by atoms with Gasteiger partial charge in [-0.05, 0) is 26.0 Å². The summed E-state index contributed by atoms with van der Waals surface area (Å²) < 4.78 is 45.4. The van der Waals surface area contributed by atoms with E-state index in [1.807, 2.05) is 13.8 Å². The lowest BCUT2D eigenvalue weighted by molar-refractivity contribution is -0.219. The molecule has 1 N–H and O–H groups in total. The largest absolute Gasteiger partial charge is 0.478 e. The maximum Gasteiger partial charge on any atom is 0.397 e. The summed E-state index contributed by atoms with van der Waals surface area (Å²) in [5.74, 6) is -1.09. The molecule has 0 saturated carbocycles. The molecule has 0 spiro atoms. The van der Waals surface area contributed by atoms with Gasteiger partial charge in [-0.15, -0.1) is 5.10 Å². The molecule has 6 nitrogen and oxygen atoms in total. The van der Waals surface area contributed by atoms with Crippen LogP contribution in [0.4, 0.5) is 13.2 Å². The minimum atomic E-state index is -4.38. The molecule has 2 heterocycles. The summed E-state index contributed by atoms with van der Waals surface area (Å²) in [4.78, 5) is 15.2. The van der Waals surface area contributed by atoms with E-state index in [1.54, 1.807) is 12.3 Å². The van der Waals surface area contributed by atoms with Gasteiger partial charge < -0.3 is 9.84 Å². The number of pyridine rings is 1. The highest BCUT2D eigenvalue weighted by molar-refractivity contribution is 6.32. The van der Waals surface area contributed by atoms with E-state index >= 15 is 0 Å². The maximum absolute atomic E-state index is 12.9. The van der Waals surface area contributed by atoms with Gasteiger partial charge in [0.05, 0.1) is 17.5 Å². The zero-order valence-electron chi connectivity index (χ0n) is 15.8.